The average Bonchev–Trinajstić information content (AvgIpc) is 2.92. The Kier molecular flexibility index (Phi) is 5.02. The predicted octanol–water partition coefficient (Wildman–Crippen LogP) is 4.93. The predicted molar refractivity (Wildman–Crippen MR) is 85.0 cm³/mol. The fourth-order valence-corrected chi connectivity index (χ4v) is 3.35. The molecule has 1 aromatic carbocycles. The molecule has 2 unspecified atom stereocenters. The van der Waals surface area contributed by atoms with E-state index in [-0.39, 0.29) is 6.04 Å². The average molecular weight is 340 g/mol. The maximum absolute atomic E-state index is 5.25. The van der Waals surface area contributed by atoms with E-state index in [1.807, 2.05) is 6.07 Å². The van der Waals surface area contributed by atoms with Gasteiger partial charge in [0.25, 0.3) is 0 Å². The second-order valence-electron chi connectivity index (χ2n) is 4.56. The minimum Gasteiger partial charge on any atom is -0.496 e. The van der Waals surface area contributed by atoms with E-state index in [1.54, 1.807) is 18.4 Å². The van der Waals surface area contributed by atoms with Gasteiger partial charge < -0.3 is 10.1 Å². The van der Waals surface area contributed by atoms with E-state index in [1.165, 1.54) is 11.1 Å². The molecule has 2 atom stereocenters. The Morgan fingerprint density at radius 2 is 1.89 bits per heavy atom. The number of hydrogen-bond acceptors (Lipinski definition) is 3. The van der Waals surface area contributed by atoms with Crippen molar-refractivity contribution >= 4 is 27.3 Å². The van der Waals surface area contributed by atoms with Crippen LogP contribution in [-0.4, -0.2) is 7.11 Å². The zero-order valence-corrected chi connectivity index (χ0v) is 13.7. The van der Waals surface area contributed by atoms with Crippen molar-refractivity contribution < 1.29 is 4.74 Å². The van der Waals surface area contributed by atoms with Crippen LogP contribution < -0.4 is 10.1 Å². The molecule has 0 amide bonds. The van der Waals surface area contributed by atoms with Crippen molar-refractivity contribution in [2.45, 2.75) is 25.9 Å². The largest absolute Gasteiger partial charge is 0.496 e. The van der Waals surface area contributed by atoms with Crippen molar-refractivity contribution in [3.63, 3.8) is 0 Å². The van der Waals surface area contributed by atoms with E-state index in [0.29, 0.717) is 6.04 Å². The number of hydrogen-bond donors (Lipinski definition) is 1. The van der Waals surface area contributed by atoms with Gasteiger partial charge in [-0.05, 0) is 69.9 Å². The molecule has 2 nitrogen and oxygen atoms in total. The smallest absolute Gasteiger partial charge is 0.133 e. The third-order valence-electron chi connectivity index (χ3n) is 3.22. The van der Waals surface area contributed by atoms with Gasteiger partial charge in [0.15, 0.2) is 0 Å². The molecule has 4 heteroatoms. The summed E-state index contributed by atoms with van der Waals surface area (Å²) in [6, 6.07) is 9.00. The molecule has 102 valence electrons. The van der Waals surface area contributed by atoms with Gasteiger partial charge in [0, 0.05) is 12.1 Å². The lowest BCUT2D eigenvalue weighted by molar-refractivity contribution is 0.411. The number of methoxy groups -OCH3 is 1. The van der Waals surface area contributed by atoms with Crippen LogP contribution in [0.4, 0.5) is 0 Å². The van der Waals surface area contributed by atoms with Crippen molar-refractivity contribution in [3.8, 4) is 5.75 Å². The van der Waals surface area contributed by atoms with Crippen LogP contribution in [0.15, 0.2) is 39.5 Å². The first kappa shape index (κ1) is 14.6. The summed E-state index contributed by atoms with van der Waals surface area (Å²) in [5.74, 6) is 0.863. The monoisotopic (exact) mass is 339 g/mol. The zero-order chi connectivity index (χ0) is 13.8. The fraction of sp³-hybridized carbons (Fsp3) is 0.333. The van der Waals surface area contributed by atoms with Crippen LogP contribution in [0.25, 0.3) is 0 Å². The van der Waals surface area contributed by atoms with E-state index < -0.39 is 0 Å². The van der Waals surface area contributed by atoms with E-state index in [9.17, 15) is 0 Å². The van der Waals surface area contributed by atoms with E-state index >= 15 is 0 Å². The van der Waals surface area contributed by atoms with Crippen molar-refractivity contribution in [2.75, 3.05) is 7.11 Å². The van der Waals surface area contributed by atoms with Crippen LogP contribution >= 0.6 is 27.3 Å². The number of benzene rings is 1. The topological polar surface area (TPSA) is 21.3 Å². The van der Waals surface area contributed by atoms with Gasteiger partial charge in [-0.25, -0.2) is 0 Å². The van der Waals surface area contributed by atoms with Crippen molar-refractivity contribution in [3.05, 3.63) is 50.6 Å². The second-order valence-corrected chi connectivity index (χ2v) is 6.20. The molecule has 2 aromatic rings. The first-order chi connectivity index (χ1) is 9.11. The molecule has 0 spiro atoms. The third-order valence-corrected chi connectivity index (χ3v) is 4.54. The molecule has 0 aliphatic rings. The zero-order valence-electron chi connectivity index (χ0n) is 11.3. The number of halogens is 1. The minimum absolute atomic E-state index is 0.289. The Morgan fingerprint density at radius 3 is 2.47 bits per heavy atom. The summed E-state index contributed by atoms with van der Waals surface area (Å²) in [4.78, 5) is 0. The highest BCUT2D eigenvalue weighted by Crippen LogP contribution is 2.29. The van der Waals surface area contributed by atoms with E-state index in [4.69, 9.17) is 4.74 Å². The molecule has 0 aliphatic carbocycles. The molecule has 0 saturated carbocycles. The molecule has 0 aliphatic heterocycles. The van der Waals surface area contributed by atoms with Gasteiger partial charge >= 0.3 is 0 Å². The minimum atomic E-state index is 0.289. The highest BCUT2D eigenvalue weighted by atomic mass is 79.9. The van der Waals surface area contributed by atoms with Crippen LogP contribution in [0.2, 0.25) is 0 Å². The van der Waals surface area contributed by atoms with Gasteiger partial charge in [0.1, 0.15) is 5.75 Å². The number of thiophene rings is 1. The molecular weight excluding hydrogens is 322 g/mol. The van der Waals surface area contributed by atoms with Crippen LogP contribution in [0, 0.1) is 0 Å². The number of ether oxygens (including phenoxy) is 1. The Morgan fingerprint density at radius 1 is 1.16 bits per heavy atom. The lowest BCUT2D eigenvalue weighted by Gasteiger charge is -2.20. The van der Waals surface area contributed by atoms with Crippen molar-refractivity contribution in [1.82, 2.24) is 5.32 Å². The van der Waals surface area contributed by atoms with Gasteiger partial charge in [-0.3, -0.25) is 0 Å². The van der Waals surface area contributed by atoms with Gasteiger partial charge in [-0.15, -0.1) is 0 Å². The van der Waals surface area contributed by atoms with E-state index in [2.05, 4.69) is 64.1 Å². The molecule has 0 radical (unpaired) electrons. The molecule has 2 rings (SSSR count). The molecule has 1 aromatic heterocycles. The maximum Gasteiger partial charge on any atom is 0.133 e. The molecule has 1 N–H and O–H groups in total. The summed E-state index contributed by atoms with van der Waals surface area (Å²) >= 11 is 5.26. The third kappa shape index (κ3) is 3.59. The Balaban J connectivity index is 2.07. The highest BCUT2D eigenvalue weighted by molar-refractivity contribution is 9.10. The van der Waals surface area contributed by atoms with Crippen molar-refractivity contribution in [2.24, 2.45) is 0 Å². The molecular formula is C15H18BrNOS. The van der Waals surface area contributed by atoms with Gasteiger partial charge in [-0.2, -0.15) is 11.3 Å². The first-order valence-corrected chi connectivity index (χ1v) is 7.97. The lowest BCUT2D eigenvalue weighted by atomic mass is 10.1. The summed E-state index contributed by atoms with van der Waals surface area (Å²) in [5.41, 5.74) is 2.58. The van der Waals surface area contributed by atoms with E-state index in [0.717, 1.165) is 10.2 Å². The van der Waals surface area contributed by atoms with Crippen LogP contribution in [0.3, 0.4) is 0 Å². The van der Waals surface area contributed by atoms with Crippen LogP contribution in [0.5, 0.6) is 5.75 Å². The molecule has 19 heavy (non-hydrogen) atoms. The van der Waals surface area contributed by atoms with Crippen molar-refractivity contribution in [1.29, 1.82) is 0 Å². The van der Waals surface area contributed by atoms with Gasteiger partial charge in [0.2, 0.25) is 0 Å². The highest BCUT2D eigenvalue weighted by Gasteiger charge is 2.12. The number of nitrogens with one attached hydrogen (secondary N) is 1. The Hall–Kier alpha value is -0.840. The molecule has 1 heterocycles. The summed E-state index contributed by atoms with van der Waals surface area (Å²) < 4.78 is 6.24. The molecule has 0 bridgehead atoms. The fourth-order valence-electron chi connectivity index (χ4n) is 2.04. The first-order valence-electron chi connectivity index (χ1n) is 6.23. The van der Waals surface area contributed by atoms with Gasteiger partial charge in [-0.1, -0.05) is 6.07 Å². The Labute approximate surface area is 126 Å². The maximum atomic E-state index is 5.25. The summed E-state index contributed by atoms with van der Waals surface area (Å²) in [5, 5.41) is 7.91. The summed E-state index contributed by atoms with van der Waals surface area (Å²) in [6.07, 6.45) is 0. The summed E-state index contributed by atoms with van der Waals surface area (Å²) in [7, 11) is 1.68. The Bertz CT molecular complexity index is 527. The molecule has 0 fully saturated rings. The van der Waals surface area contributed by atoms with Crippen LogP contribution in [0.1, 0.15) is 37.1 Å². The lowest BCUT2D eigenvalue weighted by Crippen LogP contribution is -2.22. The second kappa shape index (κ2) is 6.55. The normalized spacial score (nSPS) is 14.1. The quantitative estimate of drug-likeness (QED) is 0.833. The standard InChI is InChI=1S/C15H18BrNOS/c1-10(17-11(2)13-6-7-19-9-13)12-4-5-15(18-3)14(16)8-12/h4-11,17H,1-3H3. The van der Waals surface area contributed by atoms with Crippen LogP contribution in [-0.2, 0) is 0 Å². The SMILES string of the molecule is COc1ccc(C(C)NC(C)c2ccsc2)cc1Br. The number of rotatable bonds is 5. The summed E-state index contributed by atoms with van der Waals surface area (Å²) in [6.45, 7) is 4.37. The van der Waals surface area contributed by atoms with Gasteiger partial charge in [0.05, 0.1) is 11.6 Å². The molecule has 0 saturated heterocycles.